The summed E-state index contributed by atoms with van der Waals surface area (Å²) in [4.78, 5) is 28.4. The van der Waals surface area contributed by atoms with Gasteiger partial charge < -0.3 is 18.1 Å². The average Bonchev–Trinajstić information content (AvgIpc) is 3.43. The Morgan fingerprint density at radius 2 is 1.88 bits per heavy atom. The number of carbonyl (C=O) groups is 1. The smallest absolute Gasteiger partial charge is 0.336 e. The Bertz CT molecular complexity index is 1870. The summed E-state index contributed by atoms with van der Waals surface area (Å²) in [6.07, 6.45) is 19.2. The molecule has 1 aromatic carbocycles. The van der Waals surface area contributed by atoms with Gasteiger partial charge in [0, 0.05) is 41.9 Å². The lowest BCUT2D eigenvalue weighted by molar-refractivity contribution is -0.113. The molecule has 222 valence electrons. The van der Waals surface area contributed by atoms with Crippen LogP contribution in [0.15, 0.2) is 121 Å². The van der Waals surface area contributed by atoms with Gasteiger partial charge >= 0.3 is 5.63 Å². The highest BCUT2D eigenvalue weighted by atomic mass is 16.5. The Balaban J connectivity index is 1.14. The Labute approximate surface area is 251 Å². The number of allylic oxidation sites excluding steroid dienone is 7. The van der Waals surface area contributed by atoms with Gasteiger partial charge in [0.15, 0.2) is 11.2 Å². The van der Waals surface area contributed by atoms with E-state index in [4.69, 9.17) is 13.6 Å². The number of rotatable bonds is 9. The molecule has 1 amide bonds. The van der Waals surface area contributed by atoms with Gasteiger partial charge in [-0.1, -0.05) is 49.3 Å². The zero-order valence-corrected chi connectivity index (χ0v) is 25.3. The molecule has 0 saturated carbocycles. The molecule has 0 fully saturated rings. The van der Waals surface area contributed by atoms with Crippen LogP contribution in [0.1, 0.15) is 53.4 Å². The lowest BCUT2D eigenvalue weighted by Crippen LogP contribution is -2.19. The van der Waals surface area contributed by atoms with Crippen molar-refractivity contribution in [1.82, 2.24) is 4.57 Å². The van der Waals surface area contributed by atoms with E-state index in [2.05, 4.69) is 37.9 Å². The number of nitrogens with zero attached hydrogens (tertiary/aromatic N) is 2. The SMILES string of the molecule is CC1=C(/C=C/C(C)=C/C=C/C(=O)N=c2ccn(CCCOc3c4occc4cc4ccc(=O)oc34)cc2)C(C)(C)CCC1. The van der Waals surface area contributed by atoms with Crippen LogP contribution in [0.5, 0.6) is 5.75 Å². The summed E-state index contributed by atoms with van der Waals surface area (Å²) < 4.78 is 19.0. The van der Waals surface area contributed by atoms with Gasteiger partial charge in [0.1, 0.15) is 0 Å². The zero-order chi connectivity index (χ0) is 30.4. The van der Waals surface area contributed by atoms with Crippen molar-refractivity contribution in [2.45, 2.75) is 59.9 Å². The standard InChI is InChI=1S/C36H38N2O5/c1-25(11-13-30-26(2)9-6-18-36(30,3)4)8-5-10-31(39)37-29-15-20-38(21-16-29)19-7-22-41-35-33-28(17-23-42-33)24-27-12-14-32(40)43-34(27)35/h5,8,10-17,20-21,23-24H,6-7,9,18-19,22H2,1-4H3/b10-5+,13-11+,25-8+. The van der Waals surface area contributed by atoms with Crippen molar-refractivity contribution in [2.24, 2.45) is 10.4 Å². The number of furan rings is 1. The fourth-order valence-electron chi connectivity index (χ4n) is 5.56. The lowest BCUT2D eigenvalue weighted by Gasteiger charge is -2.32. The van der Waals surface area contributed by atoms with Gasteiger partial charge in [-0.25, -0.2) is 9.79 Å². The number of aromatic nitrogens is 1. The fourth-order valence-corrected chi connectivity index (χ4v) is 5.56. The maximum atomic E-state index is 12.4. The number of aryl methyl sites for hydroxylation is 1. The minimum atomic E-state index is -0.441. The third kappa shape index (κ3) is 7.41. The highest BCUT2D eigenvalue weighted by Gasteiger charge is 2.26. The maximum Gasteiger partial charge on any atom is 0.336 e. The molecule has 3 aromatic heterocycles. The molecule has 0 unspecified atom stereocenters. The molecule has 3 heterocycles. The van der Waals surface area contributed by atoms with Crippen molar-refractivity contribution in [1.29, 1.82) is 0 Å². The summed E-state index contributed by atoms with van der Waals surface area (Å²) in [6, 6.07) is 10.5. The van der Waals surface area contributed by atoms with Crippen LogP contribution in [0.4, 0.5) is 0 Å². The monoisotopic (exact) mass is 578 g/mol. The second-order valence-corrected chi connectivity index (χ2v) is 11.7. The highest BCUT2D eigenvalue weighted by Crippen LogP contribution is 2.41. The maximum absolute atomic E-state index is 12.4. The topological polar surface area (TPSA) is 86.9 Å². The number of benzene rings is 1. The minimum Gasteiger partial charge on any atom is -0.486 e. The molecule has 0 N–H and O–H groups in total. The molecule has 0 radical (unpaired) electrons. The summed E-state index contributed by atoms with van der Waals surface area (Å²) in [5.74, 6) is 0.125. The zero-order valence-electron chi connectivity index (χ0n) is 25.3. The van der Waals surface area contributed by atoms with E-state index in [-0.39, 0.29) is 11.3 Å². The molecule has 0 atom stereocenters. The first-order valence-corrected chi connectivity index (χ1v) is 14.7. The molecule has 0 saturated heterocycles. The molecule has 5 rings (SSSR count). The second kappa shape index (κ2) is 13.1. The van der Waals surface area contributed by atoms with E-state index in [9.17, 15) is 9.59 Å². The number of ether oxygens (including phenoxy) is 1. The van der Waals surface area contributed by atoms with E-state index in [1.165, 1.54) is 42.6 Å². The van der Waals surface area contributed by atoms with Gasteiger partial charge in [-0.3, -0.25) is 4.79 Å². The first-order chi connectivity index (χ1) is 20.7. The quantitative estimate of drug-likeness (QED) is 0.0875. The van der Waals surface area contributed by atoms with Crippen LogP contribution in [0.3, 0.4) is 0 Å². The molecule has 0 spiro atoms. The lowest BCUT2D eigenvalue weighted by atomic mass is 9.72. The van der Waals surface area contributed by atoms with E-state index in [0.29, 0.717) is 41.8 Å². The summed E-state index contributed by atoms with van der Waals surface area (Å²) in [6.45, 7) is 9.97. The summed E-state index contributed by atoms with van der Waals surface area (Å²) in [5.41, 5.74) is 4.67. The molecule has 0 aliphatic heterocycles. The van der Waals surface area contributed by atoms with Crippen LogP contribution in [0.25, 0.3) is 21.9 Å². The molecule has 1 aliphatic rings. The molecule has 7 heteroatoms. The first-order valence-electron chi connectivity index (χ1n) is 14.7. The van der Waals surface area contributed by atoms with Crippen LogP contribution in [-0.2, 0) is 11.3 Å². The van der Waals surface area contributed by atoms with E-state index in [1.54, 1.807) is 18.4 Å². The highest BCUT2D eigenvalue weighted by molar-refractivity contribution is 5.99. The van der Waals surface area contributed by atoms with Crippen molar-refractivity contribution in [2.75, 3.05) is 6.61 Å². The summed E-state index contributed by atoms with van der Waals surface area (Å²) in [5, 5.41) is 2.25. The minimum absolute atomic E-state index is 0.205. The second-order valence-electron chi connectivity index (χ2n) is 11.7. The van der Waals surface area contributed by atoms with E-state index in [1.807, 2.05) is 54.2 Å². The van der Waals surface area contributed by atoms with Gasteiger partial charge in [0.2, 0.25) is 5.75 Å². The van der Waals surface area contributed by atoms with Crippen molar-refractivity contribution in [3.63, 3.8) is 0 Å². The van der Waals surface area contributed by atoms with Crippen LogP contribution in [-0.4, -0.2) is 17.1 Å². The molecule has 7 nitrogen and oxygen atoms in total. The molecule has 0 bridgehead atoms. The van der Waals surface area contributed by atoms with Gasteiger partial charge in [0.25, 0.3) is 5.91 Å². The van der Waals surface area contributed by atoms with E-state index in [0.717, 1.165) is 16.3 Å². The van der Waals surface area contributed by atoms with E-state index < -0.39 is 5.63 Å². The van der Waals surface area contributed by atoms with Crippen LogP contribution in [0.2, 0.25) is 0 Å². The summed E-state index contributed by atoms with van der Waals surface area (Å²) >= 11 is 0. The number of carbonyl (C=O) groups excluding carboxylic acids is 1. The average molecular weight is 579 g/mol. The summed E-state index contributed by atoms with van der Waals surface area (Å²) in [7, 11) is 0. The molecular formula is C36H38N2O5. The number of hydrogen-bond donors (Lipinski definition) is 0. The molecule has 1 aliphatic carbocycles. The third-order valence-corrected chi connectivity index (χ3v) is 7.86. The Kier molecular flexibility index (Phi) is 9.10. The number of fused-ring (bicyclic) bond motifs is 2. The van der Waals surface area contributed by atoms with Crippen LogP contribution < -0.4 is 15.7 Å². The number of pyridine rings is 1. The number of hydrogen-bond acceptors (Lipinski definition) is 5. The van der Waals surface area contributed by atoms with Crippen LogP contribution >= 0.6 is 0 Å². The van der Waals surface area contributed by atoms with Crippen molar-refractivity contribution < 1.29 is 18.4 Å². The molecule has 43 heavy (non-hydrogen) atoms. The van der Waals surface area contributed by atoms with Gasteiger partial charge in [-0.15, -0.1) is 0 Å². The predicted octanol–water partition coefficient (Wildman–Crippen LogP) is 7.82. The third-order valence-electron chi connectivity index (χ3n) is 7.86. The van der Waals surface area contributed by atoms with E-state index >= 15 is 0 Å². The van der Waals surface area contributed by atoms with Crippen molar-refractivity contribution >= 4 is 27.8 Å². The van der Waals surface area contributed by atoms with Crippen LogP contribution in [0, 0.1) is 5.41 Å². The molecular weight excluding hydrogens is 540 g/mol. The van der Waals surface area contributed by atoms with Crippen molar-refractivity contribution in [3.8, 4) is 5.75 Å². The first kappa shape index (κ1) is 29.8. The molecule has 4 aromatic rings. The largest absolute Gasteiger partial charge is 0.486 e. The Morgan fingerprint density at radius 1 is 1.09 bits per heavy atom. The van der Waals surface area contributed by atoms with Crippen molar-refractivity contribution in [3.05, 3.63) is 118 Å². The predicted molar refractivity (Wildman–Crippen MR) is 170 cm³/mol. The fraction of sp³-hybridized carbons (Fsp3) is 0.306. The Hall–Kier alpha value is -4.65. The van der Waals surface area contributed by atoms with Gasteiger partial charge in [0.05, 0.1) is 18.2 Å². The normalized spacial score (nSPS) is 15.7. The van der Waals surface area contributed by atoms with Gasteiger partial charge in [-0.2, -0.15) is 0 Å². The Morgan fingerprint density at radius 3 is 2.67 bits per heavy atom. The van der Waals surface area contributed by atoms with Gasteiger partial charge in [-0.05, 0) is 80.9 Å². The number of amides is 1.